The van der Waals surface area contributed by atoms with Crippen LogP contribution < -0.4 is 5.32 Å². The molecule has 0 saturated heterocycles. The predicted octanol–water partition coefficient (Wildman–Crippen LogP) is 4.58. The second-order valence-electron chi connectivity index (χ2n) is 6.22. The summed E-state index contributed by atoms with van der Waals surface area (Å²) in [4.78, 5) is 15.9. The van der Waals surface area contributed by atoms with E-state index >= 15 is 0 Å². The molecule has 1 heterocycles. The molecule has 3 aromatic rings. The second-order valence-corrected chi connectivity index (χ2v) is 6.22. The molecule has 0 bridgehead atoms. The number of nitrogens with one attached hydrogen (secondary N) is 2. The number of hydrogen-bond acceptors (Lipinski definition) is 3. The minimum absolute atomic E-state index is 0.162. The smallest absolute Gasteiger partial charge is 0.333 e. The number of aryl methyl sites for hydroxylation is 1. The minimum Gasteiger partial charge on any atom is -0.461 e. The van der Waals surface area contributed by atoms with Crippen molar-refractivity contribution < 1.29 is 9.53 Å². The zero-order chi connectivity index (χ0) is 17.1. The first-order valence-electron chi connectivity index (χ1n) is 8.14. The Hall–Kier alpha value is -2.75. The van der Waals surface area contributed by atoms with E-state index in [9.17, 15) is 4.79 Å². The van der Waals surface area contributed by atoms with Crippen molar-refractivity contribution in [2.45, 2.75) is 32.9 Å². The van der Waals surface area contributed by atoms with Crippen molar-refractivity contribution in [3.8, 4) is 0 Å². The summed E-state index contributed by atoms with van der Waals surface area (Å²) in [6, 6.07) is 15.4. The van der Waals surface area contributed by atoms with Crippen LogP contribution in [-0.2, 0) is 9.53 Å². The first-order chi connectivity index (χ1) is 11.5. The number of fused-ring (bicyclic) bond motifs is 1. The highest BCUT2D eigenvalue weighted by Crippen LogP contribution is 2.28. The molecule has 0 radical (unpaired) electrons. The first-order valence-corrected chi connectivity index (χ1v) is 8.14. The highest BCUT2D eigenvalue weighted by molar-refractivity contribution is 5.91. The van der Waals surface area contributed by atoms with Crippen LogP contribution in [0.4, 0.5) is 5.69 Å². The van der Waals surface area contributed by atoms with Gasteiger partial charge in [0.05, 0.1) is 6.10 Å². The monoisotopic (exact) mass is 322 g/mol. The fraction of sp³-hybridized carbons (Fsp3) is 0.250. The van der Waals surface area contributed by atoms with Gasteiger partial charge in [0.15, 0.2) is 6.04 Å². The second kappa shape index (κ2) is 6.79. The van der Waals surface area contributed by atoms with Crippen LogP contribution in [0.3, 0.4) is 0 Å². The van der Waals surface area contributed by atoms with Crippen molar-refractivity contribution in [2.75, 3.05) is 5.32 Å². The van der Waals surface area contributed by atoms with Gasteiger partial charge in [-0.25, -0.2) is 4.79 Å². The van der Waals surface area contributed by atoms with Crippen LogP contribution in [0.2, 0.25) is 0 Å². The van der Waals surface area contributed by atoms with Gasteiger partial charge in [0.1, 0.15) is 0 Å². The molecule has 0 fully saturated rings. The molecule has 4 heteroatoms. The van der Waals surface area contributed by atoms with E-state index in [1.54, 1.807) is 0 Å². The van der Waals surface area contributed by atoms with E-state index in [0.717, 1.165) is 22.2 Å². The predicted molar refractivity (Wildman–Crippen MR) is 97.1 cm³/mol. The molecule has 2 N–H and O–H groups in total. The van der Waals surface area contributed by atoms with E-state index in [0.29, 0.717) is 0 Å². The molecular weight excluding hydrogens is 300 g/mol. The molecule has 1 unspecified atom stereocenters. The van der Waals surface area contributed by atoms with Crippen molar-refractivity contribution >= 4 is 22.6 Å². The summed E-state index contributed by atoms with van der Waals surface area (Å²) in [7, 11) is 0. The van der Waals surface area contributed by atoms with Gasteiger partial charge in [-0.3, -0.25) is 0 Å². The van der Waals surface area contributed by atoms with Gasteiger partial charge in [-0.2, -0.15) is 0 Å². The topological polar surface area (TPSA) is 54.1 Å². The van der Waals surface area contributed by atoms with Crippen LogP contribution in [-0.4, -0.2) is 17.1 Å². The third-order valence-corrected chi connectivity index (χ3v) is 3.88. The maximum atomic E-state index is 12.7. The Morgan fingerprint density at radius 3 is 2.50 bits per heavy atom. The van der Waals surface area contributed by atoms with Crippen molar-refractivity contribution in [1.29, 1.82) is 0 Å². The molecule has 124 valence electrons. The number of H-pyrrole nitrogens is 1. The lowest BCUT2D eigenvalue weighted by Gasteiger charge is -2.20. The Bertz CT molecular complexity index is 834. The van der Waals surface area contributed by atoms with Crippen LogP contribution in [0.1, 0.15) is 31.0 Å². The van der Waals surface area contributed by atoms with Crippen LogP contribution in [0.25, 0.3) is 10.9 Å². The average Bonchev–Trinajstić information content (AvgIpc) is 2.97. The number of aromatic amines is 1. The Kier molecular flexibility index (Phi) is 4.56. The van der Waals surface area contributed by atoms with Gasteiger partial charge >= 0.3 is 5.97 Å². The summed E-state index contributed by atoms with van der Waals surface area (Å²) in [5, 5.41) is 4.33. The van der Waals surface area contributed by atoms with E-state index in [2.05, 4.69) is 10.3 Å². The molecule has 1 atom stereocenters. The SMILES string of the molecule is Cc1ccc(NC(C(=O)OC(C)C)c2c[nH]c3ccccc23)cc1. The Morgan fingerprint density at radius 1 is 1.08 bits per heavy atom. The molecule has 0 spiro atoms. The Labute approximate surface area is 141 Å². The fourth-order valence-electron chi connectivity index (χ4n) is 2.71. The summed E-state index contributed by atoms with van der Waals surface area (Å²) in [5.41, 5.74) is 3.95. The van der Waals surface area contributed by atoms with E-state index in [1.165, 1.54) is 5.56 Å². The quantitative estimate of drug-likeness (QED) is 0.676. The van der Waals surface area contributed by atoms with Crippen molar-refractivity contribution in [3.63, 3.8) is 0 Å². The molecular formula is C20H22N2O2. The van der Waals surface area contributed by atoms with Gasteiger partial charge in [0.25, 0.3) is 0 Å². The highest BCUT2D eigenvalue weighted by atomic mass is 16.5. The van der Waals surface area contributed by atoms with Crippen LogP contribution in [0, 0.1) is 6.92 Å². The van der Waals surface area contributed by atoms with Crippen molar-refractivity contribution in [2.24, 2.45) is 0 Å². The van der Waals surface area contributed by atoms with Crippen molar-refractivity contribution in [1.82, 2.24) is 4.98 Å². The molecule has 0 saturated carbocycles. The maximum Gasteiger partial charge on any atom is 0.333 e. The number of ether oxygens (including phenoxy) is 1. The molecule has 0 amide bonds. The van der Waals surface area contributed by atoms with Gasteiger partial charge in [0.2, 0.25) is 0 Å². The van der Waals surface area contributed by atoms with E-state index in [1.807, 2.05) is 75.5 Å². The number of carbonyl (C=O) groups is 1. The normalized spacial score (nSPS) is 12.3. The third-order valence-electron chi connectivity index (χ3n) is 3.88. The summed E-state index contributed by atoms with van der Waals surface area (Å²) >= 11 is 0. The lowest BCUT2D eigenvalue weighted by molar-refractivity contribution is -0.148. The number of anilines is 1. The van der Waals surface area contributed by atoms with Crippen LogP contribution >= 0.6 is 0 Å². The zero-order valence-electron chi connectivity index (χ0n) is 14.2. The lowest BCUT2D eigenvalue weighted by atomic mass is 10.1. The van der Waals surface area contributed by atoms with Crippen LogP contribution in [0.5, 0.6) is 0 Å². The number of para-hydroxylation sites is 1. The number of carbonyl (C=O) groups excluding carboxylic acids is 1. The minimum atomic E-state index is -0.564. The Balaban J connectivity index is 1.98. The summed E-state index contributed by atoms with van der Waals surface area (Å²) < 4.78 is 5.47. The van der Waals surface area contributed by atoms with E-state index in [4.69, 9.17) is 4.74 Å². The largest absolute Gasteiger partial charge is 0.461 e. The average molecular weight is 322 g/mol. The number of rotatable bonds is 5. The van der Waals surface area contributed by atoms with Gasteiger partial charge in [-0.15, -0.1) is 0 Å². The third kappa shape index (κ3) is 3.43. The molecule has 2 aromatic carbocycles. The first kappa shape index (κ1) is 16.1. The van der Waals surface area contributed by atoms with Gasteiger partial charge < -0.3 is 15.0 Å². The molecule has 3 rings (SSSR count). The highest BCUT2D eigenvalue weighted by Gasteiger charge is 2.25. The molecule has 4 nitrogen and oxygen atoms in total. The number of esters is 1. The van der Waals surface area contributed by atoms with E-state index < -0.39 is 6.04 Å². The molecule has 24 heavy (non-hydrogen) atoms. The number of aromatic nitrogens is 1. The summed E-state index contributed by atoms with van der Waals surface area (Å²) in [6.45, 7) is 5.75. The molecule has 0 aliphatic heterocycles. The Morgan fingerprint density at radius 2 is 1.79 bits per heavy atom. The van der Waals surface area contributed by atoms with Crippen molar-refractivity contribution in [3.05, 3.63) is 65.9 Å². The fourth-order valence-corrected chi connectivity index (χ4v) is 2.71. The molecule has 1 aromatic heterocycles. The molecule has 0 aliphatic carbocycles. The van der Waals surface area contributed by atoms with Crippen LogP contribution in [0.15, 0.2) is 54.7 Å². The molecule has 0 aliphatic rings. The summed E-state index contributed by atoms with van der Waals surface area (Å²) in [5.74, 6) is -0.282. The number of hydrogen-bond donors (Lipinski definition) is 2. The van der Waals surface area contributed by atoms with Gasteiger partial charge in [-0.05, 0) is 39.0 Å². The maximum absolute atomic E-state index is 12.7. The van der Waals surface area contributed by atoms with Gasteiger partial charge in [-0.1, -0.05) is 35.9 Å². The number of benzene rings is 2. The van der Waals surface area contributed by atoms with E-state index in [-0.39, 0.29) is 12.1 Å². The lowest BCUT2D eigenvalue weighted by Crippen LogP contribution is -2.25. The zero-order valence-corrected chi connectivity index (χ0v) is 14.2. The summed E-state index contributed by atoms with van der Waals surface area (Å²) in [6.07, 6.45) is 1.71. The standard InChI is InChI=1S/C20H22N2O2/c1-13(2)24-20(23)19(22-15-10-8-14(3)9-11-15)17-12-21-18-7-5-4-6-16(17)18/h4-13,19,21-22H,1-3H3. The van der Waals surface area contributed by atoms with Gasteiger partial charge in [0, 0.05) is 28.4 Å².